The fourth-order valence-electron chi connectivity index (χ4n) is 11.0. The van der Waals surface area contributed by atoms with Gasteiger partial charge in [-0.15, -0.1) is 0 Å². The minimum atomic E-state index is 0.308. The quantitative estimate of drug-likeness (QED) is 0.445. The Morgan fingerprint density at radius 3 is 1.33 bits per heavy atom. The van der Waals surface area contributed by atoms with Crippen molar-refractivity contribution in [2.45, 2.75) is 55.4 Å². The molecule has 3 saturated carbocycles. The summed E-state index contributed by atoms with van der Waals surface area (Å²) >= 11 is 0. The first-order chi connectivity index (χ1) is 10.3. The first-order valence-corrected chi connectivity index (χ1v) is 10.3. The van der Waals surface area contributed by atoms with Crippen molar-refractivity contribution in [1.29, 1.82) is 0 Å². The van der Waals surface area contributed by atoms with Gasteiger partial charge in [-0.1, -0.05) is 60.8 Å². The summed E-state index contributed by atoms with van der Waals surface area (Å²) in [6.07, 6.45) is 1.26. The standard InChI is InChI=1S/C11H31B13/c1-2-3(12,13)5(14)6(15)4(8(6,17)18)7(16,10(5,21)22)11(23,24)9(4,19)20/h2,12-24H2,1H3. The molecule has 0 nitrogen and oxygen atoms in total. The van der Waals surface area contributed by atoms with Gasteiger partial charge in [0, 0.05) is 0 Å². The molecular formula is C11H31B13. The number of hydrogen-bond donors (Lipinski definition) is 0. The molecule has 24 heavy (non-hydrogen) atoms. The molecule has 0 aromatic rings. The molecule has 0 aliphatic heterocycles. The Morgan fingerprint density at radius 1 is 0.583 bits per heavy atom. The third-order valence-electron chi connectivity index (χ3n) is 13.1. The van der Waals surface area contributed by atoms with E-state index >= 15 is 0 Å². The average Bonchev–Trinajstić information content (AvgIpc) is 2.83. The Morgan fingerprint density at radius 2 is 1.00 bits per heavy atom. The minimum Gasteiger partial charge on any atom is -0.0938 e. The second-order valence-corrected chi connectivity index (χ2v) is 12.9. The van der Waals surface area contributed by atoms with Crippen LogP contribution in [0.5, 0.6) is 0 Å². The van der Waals surface area contributed by atoms with Crippen LogP contribution >= 0.6 is 0 Å². The molecule has 3 aliphatic rings. The van der Waals surface area contributed by atoms with Gasteiger partial charge < -0.3 is 0 Å². The molecule has 0 radical (unpaired) electrons. The lowest BCUT2D eigenvalue weighted by Gasteiger charge is -2.81. The molecule has 0 amide bonds. The van der Waals surface area contributed by atoms with Crippen molar-refractivity contribution in [2.75, 3.05) is 0 Å². The molecule has 0 N–H and O–H groups in total. The zero-order valence-electron chi connectivity index (χ0n) is 19.2. The summed E-state index contributed by atoms with van der Waals surface area (Å²) in [5, 5.41) is 2.79. The van der Waals surface area contributed by atoms with E-state index < -0.39 is 0 Å². The van der Waals surface area contributed by atoms with Crippen molar-refractivity contribution in [3.63, 3.8) is 0 Å². The molecule has 13 heteroatoms. The van der Waals surface area contributed by atoms with Gasteiger partial charge in [0.25, 0.3) is 0 Å². The van der Waals surface area contributed by atoms with E-state index in [1.54, 1.807) is 0 Å². The van der Waals surface area contributed by atoms with Crippen LogP contribution in [-0.4, -0.2) is 102 Å². The van der Waals surface area contributed by atoms with Crippen LogP contribution in [0.2, 0.25) is 42.0 Å². The highest BCUT2D eigenvalue weighted by Crippen LogP contribution is 3.21. The average molecular weight is 304 g/mol. The molecule has 0 bridgehead atoms. The van der Waals surface area contributed by atoms with Gasteiger partial charge in [0.05, 0.1) is 78.5 Å². The smallest absolute Gasteiger partial charge is 0.0938 e. The zero-order valence-corrected chi connectivity index (χ0v) is 19.2. The third kappa shape index (κ3) is 1.07. The Bertz CT molecular complexity index is 640. The van der Waals surface area contributed by atoms with E-state index in [-0.39, 0.29) is 0 Å². The summed E-state index contributed by atoms with van der Waals surface area (Å²) in [4.78, 5) is 0. The van der Waals surface area contributed by atoms with Gasteiger partial charge >= 0.3 is 0 Å². The lowest BCUT2D eigenvalue weighted by Crippen LogP contribution is -2.68. The summed E-state index contributed by atoms with van der Waals surface area (Å²) in [5.41, 5.74) is 0.425. The molecule has 3 fully saturated rings. The molecule has 0 saturated heterocycles. The van der Waals surface area contributed by atoms with Gasteiger partial charge in [-0.25, -0.2) is 0 Å². The van der Waals surface area contributed by atoms with Crippen molar-refractivity contribution in [3.8, 4) is 0 Å². The summed E-state index contributed by atoms with van der Waals surface area (Å²) in [6, 6.07) is 0. The van der Waals surface area contributed by atoms with E-state index in [9.17, 15) is 0 Å². The second kappa shape index (κ2) is 3.99. The highest BCUT2D eigenvalue weighted by atomic mass is 15.0. The lowest BCUT2D eigenvalue weighted by molar-refractivity contribution is 0.115. The lowest BCUT2D eigenvalue weighted by atomic mass is 8.99. The van der Waals surface area contributed by atoms with Crippen molar-refractivity contribution in [3.05, 3.63) is 0 Å². The SMILES string of the molecule is BC(B)(CC)C1(B)C(B)(B)C2(B)C(B)(B)C(B)(B)C23C(B)(B)C13B. The topological polar surface area (TPSA) is 0 Å². The van der Waals surface area contributed by atoms with Gasteiger partial charge in [-0.2, -0.15) is 0 Å². The third-order valence-corrected chi connectivity index (χ3v) is 13.1. The molecule has 0 heterocycles. The van der Waals surface area contributed by atoms with Crippen LogP contribution in [0.25, 0.3) is 0 Å². The molecule has 114 valence electrons. The fourth-order valence-corrected chi connectivity index (χ4v) is 11.0. The van der Waals surface area contributed by atoms with Gasteiger partial charge in [0.2, 0.25) is 0 Å². The van der Waals surface area contributed by atoms with Crippen LogP contribution in [0.3, 0.4) is 0 Å². The van der Waals surface area contributed by atoms with Crippen LogP contribution in [0.1, 0.15) is 13.3 Å². The molecule has 0 aromatic carbocycles. The largest absolute Gasteiger partial charge is 0.108 e. The van der Waals surface area contributed by atoms with Crippen molar-refractivity contribution < 1.29 is 0 Å². The van der Waals surface area contributed by atoms with Gasteiger partial charge in [0.15, 0.2) is 0 Å². The normalized spacial score (nSPS) is 51.7. The Kier molecular flexibility index (Phi) is 3.26. The molecule has 1 spiro atoms. The van der Waals surface area contributed by atoms with Crippen molar-refractivity contribution >= 4 is 102 Å². The molecule has 4 unspecified atom stereocenters. The van der Waals surface area contributed by atoms with E-state index in [2.05, 4.69) is 109 Å². The highest BCUT2D eigenvalue weighted by Gasteiger charge is 3.04. The van der Waals surface area contributed by atoms with Crippen molar-refractivity contribution in [2.24, 2.45) is 5.41 Å². The Labute approximate surface area is 162 Å². The van der Waals surface area contributed by atoms with E-state index in [4.69, 9.17) is 0 Å². The van der Waals surface area contributed by atoms with Crippen molar-refractivity contribution in [1.82, 2.24) is 0 Å². The zero-order chi connectivity index (χ0) is 19.2. The Balaban J connectivity index is 2.46. The molecule has 3 aliphatic carbocycles. The second-order valence-electron chi connectivity index (χ2n) is 12.9. The predicted molar refractivity (Wildman–Crippen MR) is 145 cm³/mol. The van der Waals surface area contributed by atoms with E-state index in [0.29, 0.717) is 47.4 Å². The summed E-state index contributed by atoms with van der Waals surface area (Å²) < 4.78 is 0. The number of rotatable bonds is 2. The molecule has 0 aromatic heterocycles. The predicted octanol–water partition coefficient (Wildman–Crippen LogP) is -9.29. The summed E-state index contributed by atoms with van der Waals surface area (Å²) in [7, 11) is 33.9. The molecular weight excluding hydrogens is 273 g/mol. The maximum atomic E-state index is 2.68. The van der Waals surface area contributed by atoms with Gasteiger partial charge in [-0.05, 0) is 0 Å². The van der Waals surface area contributed by atoms with E-state index in [0.717, 1.165) is 0 Å². The molecule has 4 atom stereocenters. The van der Waals surface area contributed by atoms with Crippen LogP contribution in [-0.2, 0) is 0 Å². The van der Waals surface area contributed by atoms with Gasteiger partial charge in [-0.3, -0.25) is 0 Å². The minimum absolute atomic E-state index is 0.308. The highest BCUT2D eigenvalue weighted by molar-refractivity contribution is 6.72. The van der Waals surface area contributed by atoms with Crippen LogP contribution < -0.4 is 0 Å². The first-order valence-electron chi connectivity index (χ1n) is 10.3. The van der Waals surface area contributed by atoms with Crippen LogP contribution in [0.4, 0.5) is 0 Å². The summed E-state index contributed by atoms with van der Waals surface area (Å²) in [5.74, 6) is 0. The maximum absolute atomic E-state index is 2.68. The monoisotopic (exact) mass is 306 g/mol. The van der Waals surface area contributed by atoms with Crippen LogP contribution in [0, 0.1) is 5.41 Å². The maximum Gasteiger partial charge on any atom is 0.108 e. The van der Waals surface area contributed by atoms with E-state index in [1.165, 1.54) is 6.42 Å². The first kappa shape index (κ1) is 19.6. The fraction of sp³-hybridized carbons (Fsp3) is 1.00. The molecule has 3 rings (SSSR count). The van der Waals surface area contributed by atoms with Crippen LogP contribution in [0.15, 0.2) is 0 Å². The Hall–Kier alpha value is 0.844. The van der Waals surface area contributed by atoms with E-state index in [1.807, 2.05) is 0 Å². The van der Waals surface area contributed by atoms with Gasteiger partial charge in [0.1, 0.15) is 23.5 Å². The number of hydrogen-bond acceptors (Lipinski definition) is 0. The summed E-state index contributed by atoms with van der Waals surface area (Å²) in [6.45, 7) is 2.41.